The van der Waals surface area contributed by atoms with Crippen LogP contribution in [0.15, 0.2) is 48.6 Å². The first-order valence-electron chi connectivity index (χ1n) is 20.9. The Morgan fingerprint density at radius 3 is 1.40 bits per heavy atom. The maximum Gasteiger partial charge on any atom is 0.469 e. The zero-order chi connectivity index (χ0) is 38.2. The maximum absolute atomic E-state index is 12.4. The molecule has 0 saturated carbocycles. The molecule has 0 fully saturated rings. The summed E-state index contributed by atoms with van der Waals surface area (Å²) in [5.74, 6) is -0.906. The third kappa shape index (κ3) is 40.8. The van der Waals surface area contributed by atoms with Crippen LogP contribution in [0.5, 0.6) is 0 Å². The molecule has 0 aliphatic carbocycles. The van der Waals surface area contributed by atoms with E-state index in [-0.39, 0.29) is 19.4 Å². The number of hydrogen-bond acceptors (Lipinski definition) is 6. The number of allylic oxidation sites excluding steroid dienone is 8. The molecule has 0 saturated heterocycles. The van der Waals surface area contributed by atoms with Crippen LogP contribution < -0.4 is 0 Å². The summed E-state index contributed by atoms with van der Waals surface area (Å²) < 4.78 is 26.4. The molecule has 0 radical (unpaired) electrons. The monoisotopic (exact) mass is 753 g/mol. The first-order chi connectivity index (χ1) is 25.3. The van der Waals surface area contributed by atoms with Crippen molar-refractivity contribution in [3.8, 4) is 0 Å². The maximum atomic E-state index is 12.4. The molecule has 0 rings (SSSR count). The van der Waals surface area contributed by atoms with Gasteiger partial charge in [-0.15, -0.1) is 0 Å². The van der Waals surface area contributed by atoms with Crippen LogP contribution in [0, 0.1) is 0 Å². The van der Waals surface area contributed by atoms with E-state index >= 15 is 0 Å². The van der Waals surface area contributed by atoms with Crippen LogP contribution in [0.2, 0.25) is 0 Å². The van der Waals surface area contributed by atoms with E-state index in [4.69, 9.17) is 19.3 Å². The lowest BCUT2D eigenvalue weighted by Gasteiger charge is -2.18. The fourth-order valence-electron chi connectivity index (χ4n) is 5.73. The number of phosphoric ester groups is 1. The largest absolute Gasteiger partial charge is 0.469 e. The average Bonchev–Trinajstić information content (AvgIpc) is 3.11. The fourth-order valence-corrected chi connectivity index (χ4v) is 6.10. The minimum atomic E-state index is -4.76. The molecule has 0 unspecified atom stereocenters. The molecule has 0 bridgehead atoms. The zero-order valence-corrected chi connectivity index (χ0v) is 34.1. The summed E-state index contributed by atoms with van der Waals surface area (Å²) in [5, 5.41) is 0. The summed E-state index contributed by atoms with van der Waals surface area (Å²) in [6, 6.07) is 0. The molecular weight excluding hydrogens is 675 g/mol. The Kier molecular flexibility index (Phi) is 37.2. The summed E-state index contributed by atoms with van der Waals surface area (Å²) >= 11 is 0. The first kappa shape index (κ1) is 50.0. The Bertz CT molecular complexity index is 984. The van der Waals surface area contributed by atoms with Crippen LogP contribution in [-0.4, -0.2) is 41.0 Å². The fraction of sp³-hybridized carbons (Fsp3) is 0.767. The van der Waals surface area contributed by atoms with Crippen molar-refractivity contribution in [3.63, 3.8) is 0 Å². The number of carbonyl (C=O) groups is 2. The van der Waals surface area contributed by atoms with E-state index in [0.29, 0.717) is 12.8 Å². The Morgan fingerprint density at radius 2 is 0.923 bits per heavy atom. The van der Waals surface area contributed by atoms with E-state index in [1.807, 2.05) is 0 Å². The first-order valence-corrected chi connectivity index (χ1v) is 22.5. The van der Waals surface area contributed by atoms with Crippen LogP contribution in [0.3, 0.4) is 0 Å². The van der Waals surface area contributed by atoms with Gasteiger partial charge in [0.25, 0.3) is 0 Å². The van der Waals surface area contributed by atoms with Gasteiger partial charge in [0.15, 0.2) is 6.10 Å². The molecule has 0 aromatic heterocycles. The quantitative estimate of drug-likeness (QED) is 0.0277. The van der Waals surface area contributed by atoms with Gasteiger partial charge in [-0.25, -0.2) is 4.57 Å². The molecule has 0 spiro atoms. The van der Waals surface area contributed by atoms with Crippen molar-refractivity contribution in [3.05, 3.63) is 48.6 Å². The second kappa shape index (κ2) is 38.7. The van der Waals surface area contributed by atoms with Gasteiger partial charge >= 0.3 is 19.8 Å². The minimum Gasteiger partial charge on any atom is -0.462 e. The Hall–Kier alpha value is -1.99. The number of esters is 2. The third-order valence-corrected chi connectivity index (χ3v) is 9.32. The van der Waals surface area contributed by atoms with Gasteiger partial charge in [0, 0.05) is 12.8 Å². The van der Waals surface area contributed by atoms with E-state index in [1.54, 1.807) is 0 Å². The van der Waals surface area contributed by atoms with E-state index in [0.717, 1.165) is 70.6 Å². The van der Waals surface area contributed by atoms with E-state index in [2.05, 4.69) is 67.0 Å². The molecule has 0 aliphatic rings. The van der Waals surface area contributed by atoms with Crippen LogP contribution in [-0.2, 0) is 28.2 Å². The molecule has 1 atom stereocenters. The highest BCUT2D eigenvalue weighted by molar-refractivity contribution is 7.46. The number of unbranched alkanes of at least 4 members (excludes halogenated alkanes) is 20. The minimum absolute atomic E-state index is 0.205. The highest BCUT2D eigenvalue weighted by Crippen LogP contribution is 2.36. The second-order valence-electron chi connectivity index (χ2n) is 13.9. The van der Waals surface area contributed by atoms with Crippen LogP contribution in [0.25, 0.3) is 0 Å². The van der Waals surface area contributed by atoms with Crippen molar-refractivity contribution in [2.24, 2.45) is 0 Å². The lowest BCUT2D eigenvalue weighted by atomic mass is 10.1. The third-order valence-electron chi connectivity index (χ3n) is 8.83. The predicted molar refractivity (Wildman–Crippen MR) is 216 cm³/mol. The zero-order valence-electron chi connectivity index (χ0n) is 33.2. The predicted octanol–water partition coefficient (Wildman–Crippen LogP) is 12.7. The number of ether oxygens (including phenoxy) is 2. The summed E-state index contributed by atoms with van der Waals surface area (Å²) in [6.07, 6.45) is 46.9. The molecule has 0 aromatic rings. The van der Waals surface area contributed by atoms with E-state index in [9.17, 15) is 14.2 Å². The molecule has 52 heavy (non-hydrogen) atoms. The summed E-state index contributed by atoms with van der Waals surface area (Å²) in [7, 11) is -4.76. The van der Waals surface area contributed by atoms with Gasteiger partial charge in [-0.3, -0.25) is 14.1 Å². The molecule has 0 amide bonds. The van der Waals surface area contributed by atoms with Crippen LogP contribution >= 0.6 is 7.82 Å². The lowest BCUT2D eigenvalue weighted by molar-refractivity contribution is -0.161. The summed E-state index contributed by atoms with van der Waals surface area (Å²) in [6.45, 7) is 3.56. The molecule has 9 heteroatoms. The lowest BCUT2D eigenvalue weighted by Crippen LogP contribution is -2.29. The molecule has 302 valence electrons. The van der Waals surface area contributed by atoms with Gasteiger partial charge in [-0.05, 0) is 70.6 Å². The molecule has 0 aliphatic heterocycles. The van der Waals surface area contributed by atoms with Crippen molar-refractivity contribution in [1.82, 2.24) is 0 Å². The summed E-state index contributed by atoms with van der Waals surface area (Å²) in [5.41, 5.74) is 0. The van der Waals surface area contributed by atoms with Gasteiger partial charge in [-0.2, -0.15) is 0 Å². The number of rotatable bonds is 38. The SMILES string of the molecule is CC/C=C\C/C=C\C/C=C\CCCCCCCC(=O)OC[C@H](COP(=O)(O)O)OC(=O)CCCCCCCCCCC/C=C\CCCCCCCC. The number of carbonyl (C=O) groups excluding carboxylic acids is 2. The molecule has 8 nitrogen and oxygen atoms in total. The molecule has 0 heterocycles. The van der Waals surface area contributed by atoms with Crippen molar-refractivity contribution in [2.45, 2.75) is 200 Å². The summed E-state index contributed by atoms with van der Waals surface area (Å²) in [4.78, 5) is 42.8. The van der Waals surface area contributed by atoms with E-state index < -0.39 is 32.5 Å². The Labute approximate surface area is 318 Å². The van der Waals surface area contributed by atoms with Crippen molar-refractivity contribution >= 4 is 19.8 Å². The van der Waals surface area contributed by atoms with Crippen molar-refractivity contribution in [2.75, 3.05) is 13.2 Å². The van der Waals surface area contributed by atoms with Crippen LogP contribution in [0.4, 0.5) is 0 Å². The standard InChI is InChI=1S/C43H77O8P/c1-3-5-7-9-11-13-15-17-19-20-21-22-24-26-28-30-32-34-36-38-43(45)51-41(40-50-52(46,47)48)39-49-42(44)37-35-33-31-29-27-25-23-18-16-14-12-10-8-6-4-2/h6,8,12,14,17-19,23,41H,3-5,7,9-11,13,15-16,20-22,24-40H2,1-2H3,(H2,46,47,48)/b8-6-,14-12-,19-17-,23-18-/t41-/m1/s1. The second-order valence-corrected chi connectivity index (χ2v) is 15.2. The highest BCUT2D eigenvalue weighted by atomic mass is 31.2. The number of phosphoric acid groups is 1. The molecule has 2 N–H and O–H groups in total. The number of hydrogen-bond donors (Lipinski definition) is 2. The van der Waals surface area contributed by atoms with Gasteiger partial charge in [-0.1, -0.05) is 159 Å². The Morgan fingerprint density at radius 1 is 0.519 bits per heavy atom. The van der Waals surface area contributed by atoms with Gasteiger partial charge < -0.3 is 19.3 Å². The van der Waals surface area contributed by atoms with Crippen LogP contribution in [0.1, 0.15) is 194 Å². The van der Waals surface area contributed by atoms with Crippen molar-refractivity contribution in [1.29, 1.82) is 0 Å². The average molecular weight is 753 g/mol. The highest BCUT2D eigenvalue weighted by Gasteiger charge is 2.22. The van der Waals surface area contributed by atoms with Gasteiger partial charge in [0.1, 0.15) is 6.61 Å². The topological polar surface area (TPSA) is 119 Å². The van der Waals surface area contributed by atoms with Crippen molar-refractivity contribution < 1.29 is 37.9 Å². The van der Waals surface area contributed by atoms with E-state index in [1.165, 1.54) is 83.5 Å². The Balaban J connectivity index is 3.93. The van der Waals surface area contributed by atoms with Gasteiger partial charge in [0.2, 0.25) is 0 Å². The molecule has 0 aromatic carbocycles. The normalized spacial score (nSPS) is 12.9. The van der Waals surface area contributed by atoms with Gasteiger partial charge in [0.05, 0.1) is 6.61 Å². The molecular formula is C43H77O8P. The smallest absolute Gasteiger partial charge is 0.462 e.